The molecule has 80 heteroatoms. The van der Waals surface area contributed by atoms with Gasteiger partial charge in [-0.05, 0) is 0 Å². The summed E-state index contributed by atoms with van der Waals surface area (Å²) in [4.78, 5) is 256. The van der Waals surface area contributed by atoms with Crippen molar-refractivity contribution in [2.75, 3.05) is 0 Å². The molecule has 0 radical (unpaired) electrons. The van der Waals surface area contributed by atoms with E-state index in [1.807, 2.05) is 0 Å². The van der Waals surface area contributed by atoms with Crippen LogP contribution < -0.4 is 1030 Å². The predicted octanol–water partition coefficient (Wildman–Crippen LogP) is -118. The maximum Gasteiger partial charge on any atom is 1.00 e. The molecule has 0 rings (SSSR count). The Morgan fingerprint density at radius 2 is 0.0875 bits per heavy atom. The van der Waals surface area contributed by atoms with Gasteiger partial charge in [0.2, 0.25) is 0 Å². The molecule has 0 unspecified atom stereocenters. The number of rotatable bonds is 0. The largest absolute Gasteiger partial charge is 1.00 e. The smallest absolute Gasteiger partial charge is 0.822 e. The van der Waals surface area contributed by atoms with Gasteiger partial charge < -0.3 is 192 Å². The van der Waals surface area contributed by atoms with Crippen molar-refractivity contribution >= 4 is 78.2 Å². The zero-order valence-corrected chi connectivity index (χ0v) is 120. The van der Waals surface area contributed by atoms with Gasteiger partial charge in [-0.2, -0.15) is 78.2 Å². The average molecular weight is 1640 g/mol. The summed E-state index contributed by atoms with van der Waals surface area (Å²) in [5, 5.41) is 0. The summed E-state index contributed by atoms with van der Waals surface area (Å²) < 4.78 is 85.5. The summed E-state index contributed by atoms with van der Waals surface area (Å²) in [6, 6.07) is 0. The average Bonchev–Trinajstić information content (AvgIpc) is 2.34. The molecule has 0 atom stereocenters. The Morgan fingerprint density at radius 1 is 0.0875 bits per heavy atom. The third-order valence-electron chi connectivity index (χ3n) is 0. The second-order valence-electron chi connectivity index (χ2n) is 4.47. The monoisotopic (exact) mass is 1640 g/mol. The van der Waals surface area contributed by atoms with Crippen molar-refractivity contribution in [1.82, 2.24) is 0 Å². The minimum atomic E-state index is -5.39. The van der Waals surface area contributed by atoms with Crippen molar-refractivity contribution < 1.29 is 1080 Å². The van der Waals surface area contributed by atoms with Crippen molar-refractivity contribution in [2.24, 2.45) is 0 Å². The van der Waals surface area contributed by atoms with E-state index in [2.05, 4.69) is 0 Å². The Bertz CT molecular complexity index is 906. The molecule has 40 nitrogen and oxygen atoms in total. The van der Waals surface area contributed by atoms with Gasteiger partial charge in [-0.1, -0.05) is 0 Å². The van der Waals surface area contributed by atoms with Crippen LogP contribution in [0.3, 0.4) is 0 Å². The van der Waals surface area contributed by atoms with Crippen LogP contribution in [-0.2, 0) is 45.7 Å². The maximum absolute atomic E-state index is 8.55. The van der Waals surface area contributed by atoms with E-state index in [1.165, 1.54) is 0 Å². The first-order chi connectivity index (χ1) is 20.0. The quantitative estimate of drug-likeness (QED) is 0.160. The molecule has 0 aromatic carbocycles. The fourth-order valence-corrected chi connectivity index (χ4v) is 0. The van der Waals surface area contributed by atoms with E-state index in [9.17, 15) is 0 Å². The van der Waals surface area contributed by atoms with Gasteiger partial charge in [-0.15, -0.1) is 0 Å². The van der Waals surface area contributed by atoms with E-state index < -0.39 is 78.2 Å². The molecule has 0 saturated carbocycles. The van der Waals surface area contributed by atoms with Crippen LogP contribution >= 0.6 is 78.2 Å². The molecule has 0 spiro atoms. The van der Waals surface area contributed by atoms with Gasteiger partial charge in [0.1, 0.15) is 0 Å². The van der Waals surface area contributed by atoms with Gasteiger partial charge in [0.05, 0.1) is 0 Å². The van der Waals surface area contributed by atoms with Crippen LogP contribution in [0.2, 0.25) is 0 Å². The normalized spacial score (nSPS) is 7.38. The standard InChI is InChI=1S/30Na.10H3O4P/c;;;;;;;;;;;;;;;;;;;;;;;;;;;;;;10*1-5(2,3)4/h;;;;;;;;;;;;;;;;;;;;;;;;;;;;;;10*(H3,1,2,3,4)/q30*+1;;;;;;;;;;/p-30. The second-order valence-corrected chi connectivity index (χ2v) is 13.4. The summed E-state index contributed by atoms with van der Waals surface area (Å²) in [5.74, 6) is 0. The van der Waals surface area contributed by atoms with Crippen LogP contribution in [0.1, 0.15) is 0 Å². The Hall–Kier alpha value is 31.1. The first-order valence-electron chi connectivity index (χ1n) is 7.30. The second kappa shape index (κ2) is 158. The van der Waals surface area contributed by atoms with Gasteiger partial charge in [0.15, 0.2) is 0 Å². The third kappa shape index (κ3) is 1320. The Kier molecular flexibility index (Phi) is 526. The molecule has 0 aliphatic carbocycles. The first-order valence-corrected chi connectivity index (χ1v) is 21.9. The van der Waals surface area contributed by atoms with E-state index in [0.717, 1.165) is 0 Å². The molecule has 0 saturated heterocycles. The van der Waals surface area contributed by atoms with Gasteiger partial charge in [0.25, 0.3) is 0 Å². The molecule has 80 heavy (non-hydrogen) atoms. The van der Waals surface area contributed by atoms with E-state index in [-0.39, 0.29) is 887 Å². The molecule has 0 N–H and O–H groups in total. The number of phosphoric acid groups is 10. The Labute approximate surface area is 1120 Å². The van der Waals surface area contributed by atoms with E-state index in [1.54, 1.807) is 0 Å². The van der Waals surface area contributed by atoms with E-state index >= 15 is 0 Å². The number of hydrogen-bond donors (Lipinski definition) is 0. The molecule has 0 amide bonds. The molecule has 0 bridgehead atoms. The summed E-state index contributed by atoms with van der Waals surface area (Å²) in [6.07, 6.45) is 0. The van der Waals surface area contributed by atoms with Crippen LogP contribution in [0.4, 0.5) is 0 Å². The van der Waals surface area contributed by atoms with Gasteiger partial charge in [0, 0.05) is 0 Å². The van der Waals surface area contributed by atoms with Crippen molar-refractivity contribution in [1.29, 1.82) is 0 Å². The topological polar surface area (TPSA) is 862 Å². The zero-order chi connectivity index (χ0) is 45.0. The van der Waals surface area contributed by atoms with E-state index in [4.69, 9.17) is 192 Å². The van der Waals surface area contributed by atoms with Crippen molar-refractivity contribution in [3.8, 4) is 0 Å². The van der Waals surface area contributed by atoms with Crippen LogP contribution in [0.15, 0.2) is 0 Å². The van der Waals surface area contributed by atoms with Crippen LogP contribution in [-0.4, -0.2) is 0 Å². The van der Waals surface area contributed by atoms with Crippen molar-refractivity contribution in [3.05, 3.63) is 0 Å². The number of hydrogen-bond acceptors (Lipinski definition) is 40. The molecule has 0 aliphatic heterocycles. The summed E-state index contributed by atoms with van der Waals surface area (Å²) in [7, 11) is -53.9. The summed E-state index contributed by atoms with van der Waals surface area (Å²) in [5.41, 5.74) is 0. The van der Waals surface area contributed by atoms with Gasteiger partial charge in [-0.25, -0.2) is 0 Å². The van der Waals surface area contributed by atoms with Gasteiger partial charge in [-0.3, -0.25) is 0 Å². The molecule has 320 valence electrons. The molecule has 0 fully saturated rings. The fraction of sp³-hybridized carbons (Fsp3) is 0. The molecular formula is Na30O40P10. The van der Waals surface area contributed by atoms with Crippen LogP contribution in [0.5, 0.6) is 0 Å². The van der Waals surface area contributed by atoms with Crippen LogP contribution in [0, 0.1) is 0 Å². The van der Waals surface area contributed by atoms with Gasteiger partial charge >= 0.3 is 887 Å². The minimum absolute atomic E-state index is 0. The van der Waals surface area contributed by atoms with E-state index in [0.29, 0.717) is 0 Å². The van der Waals surface area contributed by atoms with Crippen molar-refractivity contribution in [3.63, 3.8) is 0 Å². The van der Waals surface area contributed by atoms with Crippen molar-refractivity contribution in [2.45, 2.75) is 0 Å². The predicted molar refractivity (Wildman–Crippen MR) is 76.1 cm³/mol. The SMILES string of the molecule is O=P([O-])([O-])[O-].O=P([O-])([O-])[O-].O=P([O-])([O-])[O-].O=P([O-])([O-])[O-].O=P([O-])([O-])[O-].O=P([O-])([O-])[O-].O=P([O-])([O-])[O-].O=P([O-])([O-])[O-].O=P([O-])([O-])[O-].O=P([O-])([O-])[O-].[Na+].[Na+].[Na+].[Na+].[Na+].[Na+].[Na+].[Na+].[Na+].[Na+].[Na+].[Na+].[Na+].[Na+].[Na+].[Na+].[Na+].[Na+].[Na+].[Na+].[Na+].[Na+].[Na+].[Na+].[Na+].[Na+].[Na+].[Na+].[Na+].[Na+]. The summed E-state index contributed by atoms with van der Waals surface area (Å²) >= 11 is 0. The van der Waals surface area contributed by atoms with Crippen LogP contribution in [0.25, 0.3) is 0 Å². The minimum Gasteiger partial charge on any atom is -0.822 e. The molecule has 0 aliphatic rings. The molecule has 0 aromatic rings. The molecular weight excluding hydrogens is 1640 g/mol. The Morgan fingerprint density at radius 3 is 0.0875 bits per heavy atom. The zero-order valence-electron chi connectivity index (χ0n) is 50.8. The molecule has 0 heterocycles. The molecule has 0 aromatic heterocycles. The first kappa shape index (κ1) is 266. The summed E-state index contributed by atoms with van der Waals surface area (Å²) in [6.45, 7) is 0. The maximum atomic E-state index is 8.55. The third-order valence-corrected chi connectivity index (χ3v) is 0. The Balaban J connectivity index is -0.00000000561. The fourth-order valence-electron chi connectivity index (χ4n) is 0.